The molecule has 6 nitrogen and oxygen atoms in total. The van der Waals surface area contributed by atoms with Crippen LogP contribution in [-0.2, 0) is 15.9 Å². The highest BCUT2D eigenvalue weighted by atomic mass is 16.7. The van der Waals surface area contributed by atoms with Gasteiger partial charge in [0.1, 0.15) is 0 Å². The van der Waals surface area contributed by atoms with Gasteiger partial charge in [-0.1, -0.05) is 6.92 Å². The van der Waals surface area contributed by atoms with Crippen LogP contribution in [0.2, 0.25) is 0 Å². The van der Waals surface area contributed by atoms with Gasteiger partial charge in [-0.15, -0.1) is 0 Å². The Hall–Kier alpha value is -1.53. The summed E-state index contributed by atoms with van der Waals surface area (Å²) in [6.45, 7) is 4.71. The van der Waals surface area contributed by atoms with E-state index >= 15 is 0 Å². The third kappa shape index (κ3) is 2.27. The van der Waals surface area contributed by atoms with Gasteiger partial charge in [0, 0.05) is 11.1 Å². The summed E-state index contributed by atoms with van der Waals surface area (Å²) in [5.41, 5.74) is 2.00. The summed E-state index contributed by atoms with van der Waals surface area (Å²) in [6, 6.07) is 1.78. The number of pyridine rings is 1. The van der Waals surface area contributed by atoms with E-state index in [-0.39, 0.29) is 5.82 Å². The maximum absolute atomic E-state index is 10.9. The van der Waals surface area contributed by atoms with Gasteiger partial charge >= 0.3 is 5.82 Å². The Morgan fingerprint density at radius 1 is 1.53 bits per heavy atom. The first-order valence-corrected chi connectivity index (χ1v) is 5.51. The highest BCUT2D eigenvalue weighted by molar-refractivity contribution is 5.38. The third-order valence-corrected chi connectivity index (χ3v) is 2.71. The molecule has 0 aromatic carbocycles. The number of aryl methyl sites for hydroxylation is 2. The van der Waals surface area contributed by atoms with E-state index in [1.807, 2.05) is 13.8 Å². The lowest BCUT2D eigenvalue weighted by Crippen LogP contribution is -2.08. The Labute approximate surface area is 98.7 Å². The van der Waals surface area contributed by atoms with Crippen molar-refractivity contribution in [2.45, 2.75) is 26.6 Å². The van der Waals surface area contributed by atoms with E-state index in [2.05, 4.69) is 4.98 Å². The van der Waals surface area contributed by atoms with E-state index in [0.717, 1.165) is 5.56 Å². The fourth-order valence-corrected chi connectivity index (χ4v) is 1.85. The Morgan fingerprint density at radius 3 is 2.71 bits per heavy atom. The van der Waals surface area contributed by atoms with Crippen molar-refractivity contribution in [2.75, 3.05) is 13.2 Å². The highest BCUT2D eigenvalue weighted by Crippen LogP contribution is 2.28. The highest BCUT2D eigenvalue weighted by Gasteiger charge is 2.29. The van der Waals surface area contributed by atoms with Crippen LogP contribution in [-0.4, -0.2) is 23.1 Å². The lowest BCUT2D eigenvalue weighted by Gasteiger charge is -2.09. The maximum atomic E-state index is 10.9. The van der Waals surface area contributed by atoms with Gasteiger partial charge in [-0.2, -0.15) is 0 Å². The molecular weight excluding hydrogens is 224 g/mol. The lowest BCUT2D eigenvalue weighted by atomic mass is 10.1. The normalized spacial score (nSPS) is 16.4. The van der Waals surface area contributed by atoms with E-state index in [1.54, 1.807) is 6.07 Å². The molecule has 0 atom stereocenters. The number of nitro groups is 1. The van der Waals surface area contributed by atoms with Gasteiger partial charge in [-0.05, 0) is 29.3 Å². The monoisotopic (exact) mass is 238 g/mol. The largest absolute Gasteiger partial charge is 0.367 e. The minimum atomic E-state index is -0.570. The zero-order valence-electron chi connectivity index (χ0n) is 9.80. The van der Waals surface area contributed by atoms with E-state index in [4.69, 9.17) is 9.47 Å². The van der Waals surface area contributed by atoms with Gasteiger partial charge in [0.15, 0.2) is 0 Å². The minimum Gasteiger partial charge on any atom is -0.358 e. The number of nitrogens with zero attached hydrogens (tertiary/aromatic N) is 2. The van der Waals surface area contributed by atoms with Crippen LogP contribution < -0.4 is 0 Å². The Morgan fingerprint density at radius 2 is 2.18 bits per heavy atom. The molecule has 1 aromatic heterocycles. The van der Waals surface area contributed by atoms with Crippen molar-refractivity contribution in [3.05, 3.63) is 33.0 Å². The molecule has 0 bridgehead atoms. The summed E-state index contributed by atoms with van der Waals surface area (Å²) < 4.78 is 10.6. The molecule has 2 rings (SSSR count). The second-order valence-corrected chi connectivity index (χ2v) is 3.86. The summed E-state index contributed by atoms with van der Waals surface area (Å²) in [5.74, 6) is -0.104. The molecule has 17 heavy (non-hydrogen) atoms. The second-order valence-electron chi connectivity index (χ2n) is 3.86. The fourth-order valence-electron chi connectivity index (χ4n) is 1.85. The maximum Gasteiger partial charge on any atom is 0.367 e. The Balaban J connectivity index is 2.45. The molecule has 0 unspecified atom stereocenters. The van der Waals surface area contributed by atoms with Gasteiger partial charge in [0.25, 0.3) is 0 Å². The van der Waals surface area contributed by atoms with Crippen molar-refractivity contribution in [1.82, 2.24) is 4.98 Å². The van der Waals surface area contributed by atoms with Gasteiger partial charge < -0.3 is 19.6 Å². The number of hydrogen-bond donors (Lipinski definition) is 0. The van der Waals surface area contributed by atoms with Crippen LogP contribution in [0.3, 0.4) is 0 Å². The summed E-state index contributed by atoms with van der Waals surface area (Å²) in [6.07, 6.45) is 0.0104. The van der Waals surface area contributed by atoms with Gasteiger partial charge in [-0.25, -0.2) is 0 Å². The van der Waals surface area contributed by atoms with Crippen LogP contribution in [0, 0.1) is 17.0 Å². The zero-order valence-corrected chi connectivity index (χ0v) is 9.80. The first kappa shape index (κ1) is 11.9. The van der Waals surface area contributed by atoms with Crippen molar-refractivity contribution in [1.29, 1.82) is 0 Å². The summed E-state index contributed by atoms with van der Waals surface area (Å²) >= 11 is 0. The number of aromatic nitrogens is 1. The topological polar surface area (TPSA) is 74.5 Å². The van der Waals surface area contributed by atoms with Crippen molar-refractivity contribution in [3.63, 3.8) is 0 Å². The third-order valence-electron chi connectivity index (χ3n) is 2.71. The van der Waals surface area contributed by atoms with E-state index in [9.17, 15) is 10.1 Å². The molecule has 0 N–H and O–H groups in total. The summed E-state index contributed by atoms with van der Waals surface area (Å²) in [7, 11) is 0. The molecule has 0 spiro atoms. The molecule has 1 fully saturated rings. The van der Waals surface area contributed by atoms with E-state index in [0.29, 0.717) is 30.9 Å². The zero-order chi connectivity index (χ0) is 12.4. The van der Waals surface area contributed by atoms with Gasteiger partial charge in [-0.3, -0.25) is 0 Å². The van der Waals surface area contributed by atoms with Crippen molar-refractivity contribution in [3.8, 4) is 0 Å². The average molecular weight is 238 g/mol. The SMILES string of the molecule is CCc1cc(C)c(C2OCCO2)nc1[N+](=O)[O-]. The van der Waals surface area contributed by atoms with Crippen molar-refractivity contribution < 1.29 is 14.4 Å². The van der Waals surface area contributed by atoms with Gasteiger partial charge in [0.05, 0.1) is 13.2 Å². The summed E-state index contributed by atoms with van der Waals surface area (Å²) in [5, 5.41) is 10.9. The molecule has 92 valence electrons. The first-order chi connectivity index (χ1) is 8.13. The molecule has 0 aliphatic carbocycles. The molecule has 1 aliphatic rings. The molecular formula is C11H14N2O4. The average Bonchev–Trinajstić information content (AvgIpc) is 2.81. The molecule has 0 amide bonds. The smallest absolute Gasteiger partial charge is 0.358 e. The minimum absolute atomic E-state index is 0.104. The van der Waals surface area contributed by atoms with Crippen LogP contribution >= 0.6 is 0 Å². The first-order valence-electron chi connectivity index (χ1n) is 5.51. The Bertz CT molecular complexity index is 441. The summed E-state index contributed by atoms with van der Waals surface area (Å²) in [4.78, 5) is 14.5. The molecule has 1 aromatic rings. The van der Waals surface area contributed by atoms with Crippen LogP contribution in [0.1, 0.15) is 30.0 Å². The molecule has 6 heteroatoms. The standard InChI is InChI=1S/C11H14N2O4/c1-3-8-6-7(2)9(11-16-4-5-17-11)12-10(8)13(14)15/h6,11H,3-5H2,1-2H3. The lowest BCUT2D eigenvalue weighted by molar-refractivity contribution is -0.390. The van der Waals surface area contributed by atoms with Crippen LogP contribution in [0.15, 0.2) is 6.07 Å². The number of hydrogen-bond acceptors (Lipinski definition) is 5. The molecule has 1 aliphatic heterocycles. The van der Waals surface area contributed by atoms with Gasteiger partial charge in [0.2, 0.25) is 12.0 Å². The quantitative estimate of drug-likeness (QED) is 0.594. The predicted octanol–water partition coefficient (Wildman–Crippen LogP) is 1.91. The molecule has 2 heterocycles. The number of ether oxygens (including phenoxy) is 2. The number of rotatable bonds is 3. The second kappa shape index (κ2) is 4.77. The molecule has 0 saturated carbocycles. The van der Waals surface area contributed by atoms with Crippen molar-refractivity contribution in [2.24, 2.45) is 0 Å². The van der Waals surface area contributed by atoms with Crippen LogP contribution in [0.5, 0.6) is 0 Å². The van der Waals surface area contributed by atoms with E-state index < -0.39 is 11.2 Å². The van der Waals surface area contributed by atoms with E-state index in [1.165, 1.54) is 0 Å². The van der Waals surface area contributed by atoms with Crippen molar-refractivity contribution >= 4 is 5.82 Å². The fraction of sp³-hybridized carbons (Fsp3) is 0.545. The van der Waals surface area contributed by atoms with Crippen LogP contribution in [0.25, 0.3) is 0 Å². The molecule has 1 saturated heterocycles. The van der Waals surface area contributed by atoms with Crippen LogP contribution in [0.4, 0.5) is 5.82 Å². The molecule has 0 radical (unpaired) electrons. The Kier molecular flexibility index (Phi) is 3.35. The predicted molar refractivity (Wildman–Crippen MR) is 59.7 cm³/mol.